The lowest BCUT2D eigenvalue weighted by atomic mass is 9.91. The number of aryl methyl sites for hydroxylation is 2. The highest BCUT2D eigenvalue weighted by Gasteiger charge is 2.21. The number of nitrogens with one attached hydrogen (secondary N) is 1. The van der Waals surface area contributed by atoms with E-state index >= 15 is 0 Å². The molecule has 3 rings (SSSR count). The number of carbonyl (C=O) groups is 2. The van der Waals surface area contributed by atoms with Crippen LogP contribution in [0, 0.1) is 12.7 Å². The van der Waals surface area contributed by atoms with E-state index in [0.29, 0.717) is 19.5 Å². The SMILES string of the molecule is Cc1ccc2cnn(CCCNC(=O)CC(CC(=O)O)c3ccccc3F)c2c1. The van der Waals surface area contributed by atoms with Gasteiger partial charge in [-0.05, 0) is 36.6 Å². The van der Waals surface area contributed by atoms with Gasteiger partial charge in [-0.25, -0.2) is 4.39 Å². The van der Waals surface area contributed by atoms with Crippen LogP contribution >= 0.6 is 0 Å². The van der Waals surface area contributed by atoms with Crippen molar-refractivity contribution in [3.8, 4) is 0 Å². The maximum Gasteiger partial charge on any atom is 0.303 e. The van der Waals surface area contributed by atoms with Crippen LogP contribution in [0.5, 0.6) is 0 Å². The maximum atomic E-state index is 14.0. The minimum Gasteiger partial charge on any atom is -0.481 e. The first-order chi connectivity index (χ1) is 13.9. The second kappa shape index (κ2) is 9.32. The molecule has 0 radical (unpaired) electrons. The summed E-state index contributed by atoms with van der Waals surface area (Å²) in [6.45, 7) is 3.11. The summed E-state index contributed by atoms with van der Waals surface area (Å²) in [5, 5.41) is 17.4. The third kappa shape index (κ3) is 5.40. The third-order valence-electron chi connectivity index (χ3n) is 4.87. The van der Waals surface area contributed by atoms with Gasteiger partial charge in [0.05, 0.1) is 18.1 Å². The number of hydrogen-bond acceptors (Lipinski definition) is 3. The zero-order chi connectivity index (χ0) is 20.8. The molecule has 2 N–H and O–H groups in total. The molecule has 6 nitrogen and oxygen atoms in total. The standard InChI is InChI=1S/C22H24FN3O3/c1-15-7-8-16-14-25-26(20(16)11-15)10-4-9-24-21(27)12-17(13-22(28)29)18-5-2-3-6-19(18)23/h2-3,5-8,11,14,17H,4,9-10,12-13H2,1H3,(H,24,27)(H,28,29). The van der Waals surface area contributed by atoms with Crippen molar-refractivity contribution in [3.63, 3.8) is 0 Å². The molecule has 152 valence electrons. The summed E-state index contributed by atoms with van der Waals surface area (Å²) in [7, 11) is 0. The Kier molecular flexibility index (Phi) is 6.59. The van der Waals surface area contributed by atoms with Crippen LogP contribution in [0.1, 0.15) is 36.3 Å². The Morgan fingerprint density at radius 3 is 2.76 bits per heavy atom. The van der Waals surface area contributed by atoms with Gasteiger partial charge >= 0.3 is 5.97 Å². The number of hydrogen-bond donors (Lipinski definition) is 2. The fourth-order valence-electron chi connectivity index (χ4n) is 3.42. The number of amides is 1. The first-order valence-corrected chi connectivity index (χ1v) is 9.59. The van der Waals surface area contributed by atoms with E-state index < -0.39 is 17.7 Å². The summed E-state index contributed by atoms with van der Waals surface area (Å²) in [4.78, 5) is 23.4. The van der Waals surface area contributed by atoms with E-state index in [2.05, 4.69) is 16.5 Å². The van der Waals surface area contributed by atoms with Gasteiger partial charge in [-0.1, -0.05) is 30.3 Å². The molecular weight excluding hydrogens is 373 g/mol. The van der Waals surface area contributed by atoms with Gasteiger partial charge in [0.15, 0.2) is 0 Å². The van der Waals surface area contributed by atoms with E-state index in [1.165, 1.54) is 18.2 Å². The van der Waals surface area contributed by atoms with Gasteiger partial charge in [0.1, 0.15) is 5.82 Å². The van der Waals surface area contributed by atoms with Gasteiger partial charge in [0, 0.05) is 30.8 Å². The van der Waals surface area contributed by atoms with Crippen molar-refractivity contribution in [2.75, 3.05) is 6.54 Å². The number of carboxylic acid groups (broad SMARTS) is 1. The lowest BCUT2D eigenvalue weighted by molar-refractivity contribution is -0.137. The zero-order valence-electron chi connectivity index (χ0n) is 16.3. The Labute approximate surface area is 168 Å². The molecule has 1 amide bonds. The van der Waals surface area contributed by atoms with Crippen LogP contribution in [-0.4, -0.2) is 33.3 Å². The minimum atomic E-state index is -1.06. The number of rotatable bonds is 9. The summed E-state index contributed by atoms with van der Waals surface area (Å²) >= 11 is 0. The summed E-state index contributed by atoms with van der Waals surface area (Å²) in [6.07, 6.45) is 2.13. The number of nitrogens with zero attached hydrogens (tertiary/aromatic N) is 2. The molecular formula is C22H24FN3O3. The molecule has 1 unspecified atom stereocenters. The Morgan fingerprint density at radius 2 is 2.00 bits per heavy atom. The average molecular weight is 397 g/mol. The largest absolute Gasteiger partial charge is 0.481 e. The average Bonchev–Trinajstić information content (AvgIpc) is 3.07. The molecule has 0 saturated heterocycles. The van der Waals surface area contributed by atoms with Crippen LogP contribution in [-0.2, 0) is 16.1 Å². The highest BCUT2D eigenvalue weighted by atomic mass is 19.1. The third-order valence-corrected chi connectivity index (χ3v) is 4.87. The number of benzene rings is 2. The monoisotopic (exact) mass is 397 g/mol. The first kappa shape index (κ1) is 20.5. The fourth-order valence-corrected chi connectivity index (χ4v) is 3.42. The number of carbonyl (C=O) groups excluding carboxylic acids is 1. The summed E-state index contributed by atoms with van der Waals surface area (Å²) in [5.41, 5.74) is 2.46. The first-order valence-electron chi connectivity index (χ1n) is 9.59. The lowest BCUT2D eigenvalue weighted by Gasteiger charge is -2.16. The molecule has 0 spiro atoms. The lowest BCUT2D eigenvalue weighted by Crippen LogP contribution is -2.27. The predicted octanol–water partition coefficient (Wildman–Crippen LogP) is 3.64. The predicted molar refractivity (Wildman–Crippen MR) is 108 cm³/mol. The molecule has 0 saturated carbocycles. The van der Waals surface area contributed by atoms with Crippen LogP contribution in [0.3, 0.4) is 0 Å². The van der Waals surface area contributed by atoms with Crippen LogP contribution in [0.15, 0.2) is 48.7 Å². The molecule has 1 atom stereocenters. The van der Waals surface area contributed by atoms with Gasteiger partial charge in [0.2, 0.25) is 5.91 Å². The van der Waals surface area contributed by atoms with Gasteiger partial charge in [-0.15, -0.1) is 0 Å². The van der Waals surface area contributed by atoms with Crippen LogP contribution in [0.2, 0.25) is 0 Å². The van der Waals surface area contributed by atoms with Crippen molar-refractivity contribution < 1.29 is 19.1 Å². The maximum absolute atomic E-state index is 14.0. The van der Waals surface area contributed by atoms with E-state index in [4.69, 9.17) is 5.11 Å². The molecule has 0 fully saturated rings. The molecule has 0 aliphatic carbocycles. The van der Waals surface area contributed by atoms with Crippen molar-refractivity contribution in [1.29, 1.82) is 0 Å². The second-order valence-corrected chi connectivity index (χ2v) is 7.15. The van der Waals surface area contributed by atoms with E-state index in [9.17, 15) is 14.0 Å². The van der Waals surface area contributed by atoms with Gasteiger partial charge in [-0.2, -0.15) is 5.10 Å². The molecule has 7 heteroatoms. The van der Waals surface area contributed by atoms with Gasteiger partial charge in [0.25, 0.3) is 0 Å². The Balaban J connectivity index is 1.53. The second-order valence-electron chi connectivity index (χ2n) is 7.15. The number of halogens is 1. The molecule has 1 heterocycles. The molecule has 3 aromatic rings. The molecule has 0 bridgehead atoms. The van der Waals surface area contributed by atoms with Crippen molar-refractivity contribution in [3.05, 3.63) is 65.6 Å². The number of fused-ring (bicyclic) bond motifs is 1. The van der Waals surface area contributed by atoms with Crippen molar-refractivity contribution in [2.45, 2.75) is 38.6 Å². The van der Waals surface area contributed by atoms with E-state index in [0.717, 1.165) is 16.5 Å². The highest BCUT2D eigenvalue weighted by Crippen LogP contribution is 2.26. The fraction of sp³-hybridized carbons (Fsp3) is 0.318. The summed E-state index contributed by atoms with van der Waals surface area (Å²) in [5.74, 6) is -2.55. The topological polar surface area (TPSA) is 84.2 Å². The Bertz CT molecular complexity index is 1020. The van der Waals surface area contributed by atoms with Crippen molar-refractivity contribution in [1.82, 2.24) is 15.1 Å². The van der Waals surface area contributed by atoms with E-state index in [-0.39, 0.29) is 24.3 Å². The number of carboxylic acids is 1. The minimum absolute atomic E-state index is 0.0723. The molecule has 0 aliphatic heterocycles. The smallest absolute Gasteiger partial charge is 0.303 e. The van der Waals surface area contributed by atoms with E-state index in [1.807, 2.05) is 29.9 Å². The van der Waals surface area contributed by atoms with Crippen LogP contribution in [0.25, 0.3) is 10.9 Å². The Hall–Kier alpha value is -3.22. The van der Waals surface area contributed by atoms with Crippen molar-refractivity contribution >= 4 is 22.8 Å². The molecule has 1 aromatic heterocycles. The molecule has 2 aromatic carbocycles. The van der Waals surface area contributed by atoms with Crippen molar-refractivity contribution in [2.24, 2.45) is 0 Å². The molecule has 29 heavy (non-hydrogen) atoms. The summed E-state index contributed by atoms with van der Waals surface area (Å²) < 4.78 is 15.9. The quantitative estimate of drug-likeness (QED) is 0.540. The number of aliphatic carboxylic acids is 1. The highest BCUT2D eigenvalue weighted by molar-refractivity contribution is 5.79. The normalized spacial score (nSPS) is 12.1. The van der Waals surface area contributed by atoms with Gasteiger partial charge in [-0.3, -0.25) is 14.3 Å². The number of aromatic nitrogens is 2. The Morgan fingerprint density at radius 1 is 1.21 bits per heavy atom. The van der Waals surface area contributed by atoms with Crippen LogP contribution < -0.4 is 5.32 Å². The van der Waals surface area contributed by atoms with Gasteiger partial charge < -0.3 is 10.4 Å². The molecule has 0 aliphatic rings. The van der Waals surface area contributed by atoms with E-state index in [1.54, 1.807) is 6.07 Å². The van der Waals surface area contributed by atoms with Crippen LogP contribution in [0.4, 0.5) is 4.39 Å². The summed E-state index contributed by atoms with van der Waals surface area (Å²) in [6, 6.07) is 12.1. The zero-order valence-corrected chi connectivity index (χ0v) is 16.3.